The van der Waals surface area contributed by atoms with E-state index in [9.17, 15) is 0 Å². The fraction of sp³-hybridized carbons (Fsp3) is 0.333. The number of hydrogen-bond donors (Lipinski definition) is 0. The maximum absolute atomic E-state index is 6.49. The van der Waals surface area contributed by atoms with Gasteiger partial charge in [-0.05, 0) is 0 Å². The van der Waals surface area contributed by atoms with Crippen molar-refractivity contribution in [2.75, 3.05) is 13.2 Å². The number of ether oxygens (including phenoxy) is 6. The Hall–Kier alpha value is -2.58. The van der Waals surface area contributed by atoms with Crippen LogP contribution >= 0.6 is 0 Å². The van der Waals surface area contributed by atoms with Crippen LogP contribution in [0.5, 0.6) is 0 Å². The van der Waals surface area contributed by atoms with Crippen molar-refractivity contribution in [3.05, 3.63) is 108 Å². The molecule has 0 unspecified atom stereocenters. The summed E-state index contributed by atoms with van der Waals surface area (Å²) >= 11 is 0. The normalized spacial score (nSPS) is 34.0. The molecule has 6 rings (SSSR count). The van der Waals surface area contributed by atoms with E-state index in [0.717, 1.165) is 16.7 Å². The van der Waals surface area contributed by atoms with Gasteiger partial charge in [0, 0.05) is 16.7 Å². The summed E-state index contributed by atoms with van der Waals surface area (Å²) in [6.45, 7) is 0.818. The average Bonchev–Trinajstić information content (AvgIpc) is 3.39. The largest absolute Gasteiger partial charge is 0.346 e. The molecule has 6 heteroatoms. The molecular formula is C27H26O6. The monoisotopic (exact) mass is 446 g/mol. The molecule has 3 aliphatic heterocycles. The maximum Gasteiger partial charge on any atom is 0.184 e. The highest BCUT2D eigenvalue weighted by atomic mass is 16.8. The Morgan fingerprint density at radius 2 is 0.788 bits per heavy atom. The first-order valence-electron chi connectivity index (χ1n) is 11.3. The number of rotatable bonds is 4. The van der Waals surface area contributed by atoms with E-state index in [2.05, 4.69) is 0 Å². The molecule has 0 saturated carbocycles. The van der Waals surface area contributed by atoms with Gasteiger partial charge in [-0.1, -0.05) is 91.0 Å². The molecule has 3 aromatic carbocycles. The molecule has 3 heterocycles. The number of hydrogen-bond acceptors (Lipinski definition) is 6. The summed E-state index contributed by atoms with van der Waals surface area (Å²) in [7, 11) is 0. The Morgan fingerprint density at radius 3 is 1.27 bits per heavy atom. The summed E-state index contributed by atoms with van der Waals surface area (Å²) in [6.07, 6.45) is -2.76. The summed E-state index contributed by atoms with van der Waals surface area (Å²) in [5.74, 6) is 0. The first-order valence-corrected chi connectivity index (χ1v) is 11.3. The van der Waals surface area contributed by atoms with Gasteiger partial charge in [-0.2, -0.15) is 0 Å². The highest BCUT2D eigenvalue weighted by Gasteiger charge is 2.50. The number of fused-ring (bicyclic) bond motifs is 1. The summed E-state index contributed by atoms with van der Waals surface area (Å²) in [4.78, 5) is 0. The van der Waals surface area contributed by atoms with Gasteiger partial charge < -0.3 is 28.4 Å². The van der Waals surface area contributed by atoms with Crippen LogP contribution in [0.25, 0.3) is 0 Å². The average molecular weight is 446 g/mol. The SMILES string of the molecule is c1ccc([C@@H]2OC[C@@H]([C@H]3O[C@@H](c4ccccc4)O[C@@H]4CO[C@H](c5ccccc5)O[C@H]34)O2)cc1. The van der Waals surface area contributed by atoms with Crippen molar-refractivity contribution < 1.29 is 28.4 Å². The topological polar surface area (TPSA) is 55.4 Å². The van der Waals surface area contributed by atoms with Crippen molar-refractivity contribution in [3.63, 3.8) is 0 Å². The predicted molar refractivity (Wildman–Crippen MR) is 119 cm³/mol. The lowest BCUT2D eigenvalue weighted by Crippen LogP contribution is -2.58. The first kappa shape index (κ1) is 21.0. The highest BCUT2D eigenvalue weighted by Crippen LogP contribution is 2.41. The van der Waals surface area contributed by atoms with Gasteiger partial charge in [0.15, 0.2) is 18.9 Å². The molecule has 0 radical (unpaired) electrons. The van der Waals surface area contributed by atoms with Gasteiger partial charge in [-0.15, -0.1) is 0 Å². The molecule has 3 aliphatic rings. The van der Waals surface area contributed by atoms with E-state index in [1.165, 1.54) is 0 Å². The molecule has 0 aliphatic carbocycles. The van der Waals surface area contributed by atoms with E-state index >= 15 is 0 Å². The Balaban J connectivity index is 1.26. The Labute approximate surface area is 192 Å². The van der Waals surface area contributed by atoms with Crippen LogP contribution in [0.1, 0.15) is 35.6 Å². The summed E-state index contributed by atoms with van der Waals surface area (Å²) in [5.41, 5.74) is 2.90. The Morgan fingerprint density at radius 1 is 0.424 bits per heavy atom. The first-order chi connectivity index (χ1) is 16.3. The lowest BCUT2D eigenvalue weighted by Gasteiger charge is -2.47. The van der Waals surface area contributed by atoms with Crippen molar-refractivity contribution in [1.29, 1.82) is 0 Å². The fourth-order valence-electron chi connectivity index (χ4n) is 4.59. The molecule has 0 aromatic heterocycles. The third kappa shape index (κ3) is 4.34. The van der Waals surface area contributed by atoms with E-state index in [1.54, 1.807) is 0 Å². The zero-order valence-corrected chi connectivity index (χ0v) is 18.1. The molecule has 0 amide bonds. The second-order valence-corrected chi connectivity index (χ2v) is 8.44. The van der Waals surface area contributed by atoms with Crippen LogP contribution in [-0.4, -0.2) is 37.6 Å². The lowest BCUT2D eigenvalue weighted by atomic mass is 9.99. The van der Waals surface area contributed by atoms with Crippen LogP contribution in [0.3, 0.4) is 0 Å². The van der Waals surface area contributed by atoms with Crippen LogP contribution in [0.2, 0.25) is 0 Å². The summed E-state index contributed by atoms with van der Waals surface area (Å²) in [5, 5.41) is 0. The van der Waals surface area contributed by atoms with E-state index in [4.69, 9.17) is 28.4 Å². The van der Waals surface area contributed by atoms with Crippen molar-refractivity contribution in [2.45, 2.75) is 43.3 Å². The minimum atomic E-state index is -0.530. The van der Waals surface area contributed by atoms with Crippen LogP contribution in [-0.2, 0) is 28.4 Å². The van der Waals surface area contributed by atoms with Crippen LogP contribution in [0, 0.1) is 0 Å². The van der Waals surface area contributed by atoms with Gasteiger partial charge in [-0.25, -0.2) is 0 Å². The van der Waals surface area contributed by atoms with Gasteiger partial charge in [0.05, 0.1) is 13.2 Å². The maximum atomic E-state index is 6.49. The van der Waals surface area contributed by atoms with Gasteiger partial charge in [0.2, 0.25) is 0 Å². The predicted octanol–water partition coefficient (Wildman–Crippen LogP) is 4.70. The molecule has 0 N–H and O–H groups in total. The van der Waals surface area contributed by atoms with Crippen LogP contribution in [0.4, 0.5) is 0 Å². The Kier molecular flexibility index (Phi) is 5.94. The second-order valence-electron chi connectivity index (χ2n) is 8.44. The third-order valence-electron chi connectivity index (χ3n) is 6.25. The lowest BCUT2D eigenvalue weighted by molar-refractivity contribution is -0.373. The van der Waals surface area contributed by atoms with Crippen molar-refractivity contribution in [1.82, 2.24) is 0 Å². The molecule has 3 aromatic rings. The highest BCUT2D eigenvalue weighted by molar-refractivity contribution is 5.19. The molecule has 3 fully saturated rings. The molecular weight excluding hydrogens is 420 g/mol. The van der Waals surface area contributed by atoms with Crippen molar-refractivity contribution in [2.24, 2.45) is 0 Å². The molecule has 0 bridgehead atoms. The fourth-order valence-corrected chi connectivity index (χ4v) is 4.59. The molecule has 3 saturated heterocycles. The van der Waals surface area contributed by atoms with Gasteiger partial charge >= 0.3 is 0 Å². The standard InChI is InChI=1S/C27H26O6/c1-4-10-18(11-5-1)25-28-16-21(30-25)24-23-22(31-27(33-24)20-14-8-3-9-15-20)17-29-26(32-23)19-12-6-2-7-13-19/h1-15,21-27H,16-17H2/t21-,22+,23-,24+,25+,26-,27-/m0/s1. The third-order valence-corrected chi connectivity index (χ3v) is 6.25. The summed E-state index contributed by atoms with van der Waals surface area (Å²) in [6, 6.07) is 29.8. The molecule has 6 nitrogen and oxygen atoms in total. The van der Waals surface area contributed by atoms with Crippen LogP contribution in [0.15, 0.2) is 91.0 Å². The van der Waals surface area contributed by atoms with E-state index in [-0.39, 0.29) is 24.4 Å². The molecule has 33 heavy (non-hydrogen) atoms. The smallest absolute Gasteiger partial charge is 0.184 e. The second kappa shape index (κ2) is 9.35. The quantitative estimate of drug-likeness (QED) is 0.579. The molecule has 7 atom stereocenters. The minimum absolute atomic E-state index is 0.284. The number of benzene rings is 3. The minimum Gasteiger partial charge on any atom is -0.346 e. The van der Waals surface area contributed by atoms with Gasteiger partial charge in [0.25, 0.3) is 0 Å². The Bertz CT molecular complexity index is 1030. The van der Waals surface area contributed by atoms with Crippen LogP contribution < -0.4 is 0 Å². The molecule has 170 valence electrons. The molecule has 0 spiro atoms. The van der Waals surface area contributed by atoms with E-state index < -0.39 is 18.9 Å². The van der Waals surface area contributed by atoms with E-state index in [0.29, 0.717) is 13.2 Å². The zero-order valence-electron chi connectivity index (χ0n) is 18.1. The van der Waals surface area contributed by atoms with Gasteiger partial charge in [0.1, 0.15) is 24.4 Å². The zero-order chi connectivity index (χ0) is 22.0. The van der Waals surface area contributed by atoms with Gasteiger partial charge in [-0.3, -0.25) is 0 Å². The van der Waals surface area contributed by atoms with Crippen molar-refractivity contribution in [3.8, 4) is 0 Å². The summed E-state index contributed by atoms with van der Waals surface area (Å²) < 4.78 is 37.6. The van der Waals surface area contributed by atoms with E-state index in [1.807, 2.05) is 91.0 Å². The van der Waals surface area contributed by atoms with Crippen molar-refractivity contribution >= 4 is 0 Å².